The molecular formula is C26H30N4O3. The van der Waals surface area contributed by atoms with E-state index >= 15 is 0 Å². The van der Waals surface area contributed by atoms with Crippen LogP contribution in [0.4, 0.5) is 0 Å². The molecule has 3 heterocycles. The molecule has 7 heteroatoms. The molecule has 2 aliphatic heterocycles. The largest absolute Gasteiger partial charge is 0.490 e. The molecule has 2 aliphatic rings. The maximum Gasteiger partial charge on any atom is 0.255 e. The molecule has 0 unspecified atom stereocenters. The number of amides is 1. The molecule has 7 nitrogen and oxygen atoms in total. The molecule has 0 saturated carbocycles. The lowest BCUT2D eigenvalue weighted by Crippen LogP contribution is -2.25. The zero-order valence-corrected chi connectivity index (χ0v) is 19.0. The van der Waals surface area contributed by atoms with E-state index in [1.54, 1.807) is 10.9 Å². The molecule has 1 amide bonds. The van der Waals surface area contributed by atoms with Crippen LogP contribution in [0.15, 0.2) is 48.7 Å². The van der Waals surface area contributed by atoms with E-state index in [1.165, 1.54) is 18.4 Å². The Morgan fingerprint density at radius 3 is 2.58 bits per heavy atom. The summed E-state index contributed by atoms with van der Waals surface area (Å²) < 4.78 is 13.2. The first-order valence-corrected chi connectivity index (χ1v) is 11.7. The van der Waals surface area contributed by atoms with E-state index < -0.39 is 0 Å². The van der Waals surface area contributed by atoms with Gasteiger partial charge in [0.2, 0.25) is 0 Å². The van der Waals surface area contributed by atoms with Crippen LogP contribution in [0.1, 0.15) is 40.7 Å². The van der Waals surface area contributed by atoms with Gasteiger partial charge < -0.3 is 14.8 Å². The van der Waals surface area contributed by atoms with Crippen molar-refractivity contribution >= 4 is 5.91 Å². The molecule has 3 aromatic rings. The van der Waals surface area contributed by atoms with Crippen molar-refractivity contribution in [3.63, 3.8) is 0 Å². The predicted molar refractivity (Wildman–Crippen MR) is 126 cm³/mol. The number of carbonyl (C=O) groups excluding carboxylic acids is 1. The van der Waals surface area contributed by atoms with E-state index in [4.69, 9.17) is 9.47 Å². The lowest BCUT2D eigenvalue weighted by molar-refractivity contribution is 0.0951. The second-order valence-electron chi connectivity index (χ2n) is 8.71. The number of carbonyl (C=O) groups is 1. The second-order valence-corrected chi connectivity index (χ2v) is 8.71. The smallest absolute Gasteiger partial charge is 0.255 e. The van der Waals surface area contributed by atoms with Crippen LogP contribution in [-0.4, -0.2) is 46.9 Å². The van der Waals surface area contributed by atoms with Gasteiger partial charge in [-0.25, -0.2) is 0 Å². The summed E-state index contributed by atoms with van der Waals surface area (Å²) in [4.78, 5) is 15.7. The molecule has 1 saturated heterocycles. The number of aryl methyl sites for hydroxylation is 1. The fourth-order valence-electron chi connectivity index (χ4n) is 4.52. The molecule has 172 valence electrons. The van der Waals surface area contributed by atoms with E-state index in [1.807, 2.05) is 31.3 Å². The number of rotatable bonds is 6. The second kappa shape index (κ2) is 9.67. The minimum absolute atomic E-state index is 0.138. The summed E-state index contributed by atoms with van der Waals surface area (Å²) in [6, 6.07) is 14.1. The molecule has 0 radical (unpaired) electrons. The molecule has 2 aromatic carbocycles. The summed E-state index contributed by atoms with van der Waals surface area (Å²) in [6.07, 6.45) is 5.15. The highest BCUT2D eigenvalue weighted by atomic mass is 16.5. The standard InChI is InChI=1S/C26H30N4O3/c1-29-18-22(25(28-29)19-9-10-23-24(15-19)33-14-6-13-32-23)26(31)27-16-20-7-2-3-8-21(20)17-30-11-4-5-12-30/h2-3,7-10,15,18H,4-6,11-14,16-17H2,1H3,(H,27,31). The van der Waals surface area contributed by atoms with Gasteiger partial charge in [-0.1, -0.05) is 24.3 Å². The SMILES string of the molecule is Cn1cc(C(=O)NCc2ccccc2CN2CCCC2)c(-c2ccc3c(c2)OCCCO3)n1. The van der Waals surface area contributed by atoms with Crippen LogP contribution in [0, 0.1) is 0 Å². The number of fused-ring (bicyclic) bond motifs is 1. The summed E-state index contributed by atoms with van der Waals surface area (Å²) in [5.41, 5.74) is 4.44. The van der Waals surface area contributed by atoms with Crippen molar-refractivity contribution in [2.24, 2.45) is 7.05 Å². The molecule has 33 heavy (non-hydrogen) atoms. The van der Waals surface area contributed by atoms with E-state index in [9.17, 15) is 4.79 Å². The average molecular weight is 447 g/mol. The normalized spacial score (nSPS) is 15.9. The van der Waals surface area contributed by atoms with Crippen molar-refractivity contribution in [2.45, 2.75) is 32.4 Å². The van der Waals surface area contributed by atoms with E-state index in [2.05, 4.69) is 33.5 Å². The fraction of sp³-hybridized carbons (Fsp3) is 0.385. The Hall–Kier alpha value is -3.32. The number of hydrogen-bond acceptors (Lipinski definition) is 5. The third-order valence-corrected chi connectivity index (χ3v) is 6.24. The minimum Gasteiger partial charge on any atom is -0.490 e. The highest BCUT2D eigenvalue weighted by Crippen LogP contribution is 2.34. The number of nitrogens with one attached hydrogen (secondary N) is 1. The van der Waals surface area contributed by atoms with E-state index in [0.717, 1.165) is 42.9 Å². The third-order valence-electron chi connectivity index (χ3n) is 6.24. The van der Waals surface area contributed by atoms with Gasteiger partial charge in [-0.3, -0.25) is 14.4 Å². The average Bonchev–Trinajstić information content (AvgIpc) is 3.41. The number of benzene rings is 2. The van der Waals surface area contributed by atoms with Crippen LogP contribution < -0.4 is 14.8 Å². The first-order chi connectivity index (χ1) is 16.2. The number of hydrogen-bond donors (Lipinski definition) is 1. The summed E-state index contributed by atoms with van der Waals surface area (Å²) in [5.74, 6) is 1.28. The molecule has 5 rings (SSSR count). The Morgan fingerprint density at radius 2 is 1.76 bits per heavy atom. The maximum absolute atomic E-state index is 13.2. The van der Waals surface area contributed by atoms with Gasteiger partial charge in [-0.05, 0) is 55.3 Å². The van der Waals surface area contributed by atoms with Crippen LogP contribution in [0.3, 0.4) is 0 Å². The van der Waals surface area contributed by atoms with Crippen molar-refractivity contribution in [3.8, 4) is 22.8 Å². The van der Waals surface area contributed by atoms with Crippen LogP contribution >= 0.6 is 0 Å². The van der Waals surface area contributed by atoms with Crippen LogP contribution in [0.25, 0.3) is 11.3 Å². The molecule has 0 atom stereocenters. The lowest BCUT2D eigenvalue weighted by Gasteiger charge is -2.17. The maximum atomic E-state index is 13.2. The zero-order valence-electron chi connectivity index (χ0n) is 19.0. The molecule has 1 N–H and O–H groups in total. The van der Waals surface area contributed by atoms with E-state index in [0.29, 0.717) is 36.8 Å². The van der Waals surface area contributed by atoms with Crippen molar-refractivity contribution in [3.05, 3.63) is 65.4 Å². The van der Waals surface area contributed by atoms with Gasteiger partial charge in [-0.15, -0.1) is 0 Å². The quantitative estimate of drug-likeness (QED) is 0.624. The van der Waals surface area contributed by atoms with Crippen LogP contribution in [0.5, 0.6) is 11.5 Å². The summed E-state index contributed by atoms with van der Waals surface area (Å²) in [7, 11) is 1.83. The number of likely N-dealkylation sites (tertiary alicyclic amines) is 1. The first kappa shape index (κ1) is 21.5. The molecular weight excluding hydrogens is 416 g/mol. The van der Waals surface area contributed by atoms with Gasteiger partial charge in [-0.2, -0.15) is 5.10 Å². The van der Waals surface area contributed by atoms with Gasteiger partial charge in [0.15, 0.2) is 11.5 Å². The van der Waals surface area contributed by atoms with Gasteiger partial charge in [0.25, 0.3) is 5.91 Å². The fourth-order valence-corrected chi connectivity index (χ4v) is 4.52. The van der Waals surface area contributed by atoms with E-state index in [-0.39, 0.29) is 5.91 Å². The summed E-state index contributed by atoms with van der Waals surface area (Å²) >= 11 is 0. The summed E-state index contributed by atoms with van der Waals surface area (Å²) in [6.45, 7) is 4.97. The van der Waals surface area contributed by atoms with Crippen molar-refractivity contribution in [2.75, 3.05) is 26.3 Å². The first-order valence-electron chi connectivity index (χ1n) is 11.7. The highest BCUT2D eigenvalue weighted by molar-refractivity contribution is 5.99. The van der Waals surface area contributed by atoms with Gasteiger partial charge >= 0.3 is 0 Å². The monoisotopic (exact) mass is 446 g/mol. The number of aromatic nitrogens is 2. The topological polar surface area (TPSA) is 68.6 Å². The van der Waals surface area contributed by atoms with Crippen LogP contribution in [-0.2, 0) is 20.1 Å². The number of nitrogens with zero attached hydrogens (tertiary/aromatic N) is 3. The highest BCUT2D eigenvalue weighted by Gasteiger charge is 2.20. The number of ether oxygens (including phenoxy) is 2. The molecule has 1 fully saturated rings. The molecule has 0 bridgehead atoms. The third kappa shape index (κ3) is 4.88. The Labute approximate surface area is 194 Å². The molecule has 1 aromatic heterocycles. The predicted octanol–water partition coefficient (Wildman–Crippen LogP) is 3.77. The van der Waals surface area contributed by atoms with Crippen LogP contribution in [0.2, 0.25) is 0 Å². The Balaban J connectivity index is 1.33. The van der Waals surface area contributed by atoms with Crippen molar-refractivity contribution < 1.29 is 14.3 Å². The zero-order chi connectivity index (χ0) is 22.6. The van der Waals surface area contributed by atoms with Gasteiger partial charge in [0.05, 0.1) is 18.8 Å². The Kier molecular flexibility index (Phi) is 6.30. The van der Waals surface area contributed by atoms with Crippen molar-refractivity contribution in [1.29, 1.82) is 0 Å². The minimum atomic E-state index is -0.138. The molecule has 0 spiro atoms. The van der Waals surface area contributed by atoms with Crippen molar-refractivity contribution in [1.82, 2.24) is 20.0 Å². The molecule has 0 aliphatic carbocycles. The van der Waals surface area contributed by atoms with Gasteiger partial charge in [0.1, 0.15) is 5.69 Å². The van der Waals surface area contributed by atoms with Gasteiger partial charge in [0, 0.05) is 38.3 Å². The summed E-state index contributed by atoms with van der Waals surface area (Å²) in [5, 5.41) is 7.68. The lowest BCUT2D eigenvalue weighted by atomic mass is 10.1. The Morgan fingerprint density at radius 1 is 1.00 bits per heavy atom. The Bertz CT molecular complexity index is 1130.